The van der Waals surface area contributed by atoms with Gasteiger partial charge in [0.1, 0.15) is 6.54 Å². The molecule has 0 N–H and O–H groups in total. The molecule has 0 unspecified atom stereocenters. The summed E-state index contributed by atoms with van der Waals surface area (Å²) in [5, 5.41) is 0. The van der Waals surface area contributed by atoms with Crippen LogP contribution < -0.4 is 4.57 Å². The van der Waals surface area contributed by atoms with Crippen LogP contribution in [0.2, 0.25) is 0 Å². The maximum Gasteiger partial charge on any atom is 0.168 e. The van der Waals surface area contributed by atoms with Gasteiger partial charge in [-0.15, -0.1) is 11.4 Å². The van der Waals surface area contributed by atoms with Crippen molar-refractivity contribution < 1.29 is 17.9 Å². The maximum absolute atomic E-state index is 8.44. The van der Waals surface area contributed by atoms with Gasteiger partial charge in [0, 0.05) is 18.6 Å². The maximum atomic E-state index is 8.44. The van der Waals surface area contributed by atoms with E-state index < -0.39 is 11.4 Å². The van der Waals surface area contributed by atoms with Gasteiger partial charge < -0.3 is 9.11 Å². The smallest absolute Gasteiger partial charge is 0.168 e. The molecule has 0 saturated carbocycles. The van der Waals surface area contributed by atoms with Crippen LogP contribution in [0.15, 0.2) is 30.6 Å². The van der Waals surface area contributed by atoms with Gasteiger partial charge in [0.15, 0.2) is 12.4 Å². The molecule has 0 aliphatic heterocycles. The van der Waals surface area contributed by atoms with E-state index in [1.54, 1.807) is 0 Å². The zero-order valence-corrected chi connectivity index (χ0v) is 13.1. The lowest BCUT2D eigenvalue weighted by atomic mass is 10.1. The normalized spacial score (nSPS) is 10.2. The van der Waals surface area contributed by atoms with Gasteiger partial charge in [-0.3, -0.25) is 4.21 Å². The summed E-state index contributed by atoms with van der Waals surface area (Å²) in [7, 11) is 0. The van der Waals surface area contributed by atoms with Crippen molar-refractivity contribution in [1.82, 2.24) is 0 Å². The lowest BCUT2D eigenvalue weighted by Crippen LogP contribution is -2.32. The largest absolute Gasteiger partial charge is 0.784 e. The van der Waals surface area contributed by atoms with Crippen molar-refractivity contribution >= 4 is 11.4 Å². The fourth-order valence-electron chi connectivity index (χ4n) is 2.01. The summed E-state index contributed by atoms with van der Waals surface area (Å²) in [5.74, 6) is 0. The van der Waals surface area contributed by atoms with E-state index in [0.29, 0.717) is 0 Å². The second-order valence-corrected chi connectivity index (χ2v) is 5.20. The van der Waals surface area contributed by atoms with Crippen LogP contribution in [0.4, 0.5) is 0 Å². The van der Waals surface area contributed by atoms with Crippen LogP contribution in [-0.4, -0.2) is 13.3 Å². The van der Waals surface area contributed by atoms with Gasteiger partial charge in [-0.1, -0.05) is 51.5 Å². The second kappa shape index (κ2) is 14.6. The average Bonchev–Trinajstić information content (AvgIpc) is 2.42. The van der Waals surface area contributed by atoms with Crippen molar-refractivity contribution in [3.63, 3.8) is 0 Å². The molecule has 0 fully saturated rings. The van der Waals surface area contributed by atoms with Crippen LogP contribution in [-0.2, 0) is 17.9 Å². The van der Waals surface area contributed by atoms with Gasteiger partial charge >= 0.3 is 0 Å². The van der Waals surface area contributed by atoms with Gasteiger partial charge in [0.2, 0.25) is 0 Å². The minimum absolute atomic E-state index is 1.18. The minimum Gasteiger partial charge on any atom is -0.784 e. The first kappa shape index (κ1) is 19.2. The number of rotatable bonds is 9. The molecule has 0 atom stereocenters. The fourth-order valence-corrected chi connectivity index (χ4v) is 2.01. The zero-order chi connectivity index (χ0) is 15.1. The molecule has 1 aromatic rings. The monoisotopic (exact) mass is 300 g/mol. The lowest BCUT2D eigenvalue weighted by Gasteiger charge is -2.03. The van der Waals surface area contributed by atoms with Gasteiger partial charge in [-0.05, 0) is 6.42 Å². The Bertz CT molecular complexity index is 329. The first-order chi connectivity index (χ1) is 9.66. The number of unbranched alkanes of at least 4 members (excludes halogenated alkanes) is 7. The first-order valence-corrected chi connectivity index (χ1v) is 8.37. The summed E-state index contributed by atoms with van der Waals surface area (Å²) in [6.45, 7) is 3.45. The Labute approximate surface area is 125 Å². The molecule has 0 bridgehead atoms. The van der Waals surface area contributed by atoms with Crippen molar-refractivity contribution in [2.24, 2.45) is 0 Å². The van der Waals surface area contributed by atoms with E-state index in [0.717, 1.165) is 0 Å². The fraction of sp³-hybridized carbons (Fsp3) is 0.667. The summed E-state index contributed by atoms with van der Waals surface area (Å²) in [6, 6.07) is 6.28. The highest BCUT2D eigenvalue weighted by Gasteiger charge is 1.97. The third-order valence-electron chi connectivity index (χ3n) is 3.05. The summed E-state index contributed by atoms with van der Waals surface area (Å²) >= 11 is -3.11. The molecule has 0 aromatic carbocycles. The van der Waals surface area contributed by atoms with Crippen molar-refractivity contribution in [3.8, 4) is 0 Å². The second-order valence-electron chi connectivity index (χ2n) is 4.79. The van der Waals surface area contributed by atoms with Crippen molar-refractivity contribution in [2.45, 2.75) is 64.8 Å². The Balaban J connectivity index is 0.000000796. The molecule has 5 heteroatoms. The predicted molar refractivity (Wildman–Crippen MR) is 78.9 cm³/mol. The predicted octanol–water partition coefficient (Wildman–Crippen LogP) is 3.11. The van der Waals surface area contributed by atoms with Crippen LogP contribution in [0.25, 0.3) is 0 Å². The molecular weight excluding hydrogens is 274 g/mol. The van der Waals surface area contributed by atoms with E-state index in [4.69, 9.17) is 13.3 Å². The van der Waals surface area contributed by atoms with Crippen LogP contribution >= 0.6 is 0 Å². The van der Waals surface area contributed by atoms with E-state index >= 15 is 0 Å². The van der Waals surface area contributed by atoms with E-state index in [-0.39, 0.29) is 0 Å². The Kier molecular flexibility index (Phi) is 14.1. The molecule has 0 spiro atoms. The topological polar surface area (TPSA) is 67.1 Å². The average molecular weight is 300 g/mol. The molecule has 0 saturated heterocycles. The van der Waals surface area contributed by atoms with Crippen LogP contribution in [0.3, 0.4) is 0 Å². The molecule has 1 aromatic heterocycles. The molecule has 116 valence electrons. The zero-order valence-electron chi connectivity index (χ0n) is 12.3. The SMILES string of the molecule is CCCCCCCCCC[n+]1ccccc1.O=S([O-])[O-]. The number of aryl methyl sites for hydroxylation is 1. The van der Waals surface area contributed by atoms with E-state index in [9.17, 15) is 0 Å². The number of pyridine rings is 1. The molecule has 0 aliphatic carbocycles. The molecule has 20 heavy (non-hydrogen) atoms. The summed E-state index contributed by atoms with van der Waals surface area (Å²) in [6.07, 6.45) is 15.5. The molecular formula is C15H26NO3S-. The third kappa shape index (κ3) is 15.3. The highest BCUT2D eigenvalue weighted by molar-refractivity contribution is 7.72. The van der Waals surface area contributed by atoms with Crippen LogP contribution in [0, 0.1) is 0 Å². The Morgan fingerprint density at radius 3 is 1.80 bits per heavy atom. The van der Waals surface area contributed by atoms with Gasteiger partial charge in [-0.25, -0.2) is 4.57 Å². The minimum atomic E-state index is -3.11. The highest BCUT2D eigenvalue weighted by Crippen LogP contribution is 2.08. The van der Waals surface area contributed by atoms with Crippen molar-refractivity contribution in [2.75, 3.05) is 0 Å². The molecule has 0 aliphatic rings. The third-order valence-corrected chi connectivity index (χ3v) is 3.05. The molecule has 1 heterocycles. The Morgan fingerprint density at radius 2 is 1.30 bits per heavy atom. The summed E-state index contributed by atoms with van der Waals surface area (Å²) < 4.78 is 27.6. The van der Waals surface area contributed by atoms with Crippen LogP contribution in [0.1, 0.15) is 58.3 Å². The van der Waals surface area contributed by atoms with Gasteiger partial charge in [-0.2, -0.15) is 0 Å². The van der Waals surface area contributed by atoms with Crippen LogP contribution in [0.5, 0.6) is 0 Å². The van der Waals surface area contributed by atoms with E-state index in [1.807, 2.05) is 0 Å². The van der Waals surface area contributed by atoms with Crippen molar-refractivity contribution in [1.29, 1.82) is 0 Å². The number of aromatic nitrogens is 1. The van der Waals surface area contributed by atoms with Gasteiger partial charge in [0.05, 0.1) is 0 Å². The van der Waals surface area contributed by atoms with Crippen molar-refractivity contribution in [3.05, 3.63) is 30.6 Å². The number of hydrogen-bond acceptors (Lipinski definition) is 3. The summed E-state index contributed by atoms with van der Waals surface area (Å²) in [5.41, 5.74) is 0. The van der Waals surface area contributed by atoms with E-state index in [1.165, 1.54) is 57.9 Å². The first-order valence-electron chi connectivity index (χ1n) is 7.37. The number of nitrogens with zero attached hydrogens (tertiary/aromatic N) is 1. The number of hydrogen-bond donors (Lipinski definition) is 0. The molecule has 0 amide bonds. The van der Waals surface area contributed by atoms with E-state index in [2.05, 4.69) is 42.1 Å². The molecule has 1 rings (SSSR count). The molecule has 4 nitrogen and oxygen atoms in total. The lowest BCUT2D eigenvalue weighted by molar-refractivity contribution is -0.697. The molecule has 0 radical (unpaired) electrons. The van der Waals surface area contributed by atoms with Gasteiger partial charge in [0.25, 0.3) is 0 Å². The summed E-state index contributed by atoms with van der Waals surface area (Å²) in [4.78, 5) is 0. The Hall–Kier alpha value is -0.780. The quantitative estimate of drug-likeness (QED) is 0.400. The highest BCUT2D eigenvalue weighted by atomic mass is 32.2. The standard InChI is InChI=1S/C15H26N.H2O3S/c1-2-3-4-5-6-7-8-10-13-16-14-11-9-12-15-16;1-4(2)3/h9,11-12,14-15H,2-8,10,13H2,1H3;(H2,1,2,3)/q+1;/p-2. The Morgan fingerprint density at radius 1 is 0.850 bits per heavy atom.